The van der Waals surface area contributed by atoms with E-state index in [2.05, 4.69) is 5.32 Å². The molecule has 2 aromatic rings. The second-order valence-electron chi connectivity index (χ2n) is 5.15. The number of hydrogen-bond acceptors (Lipinski definition) is 5. The maximum absolute atomic E-state index is 12.6. The fourth-order valence-corrected chi connectivity index (χ4v) is 2.78. The van der Waals surface area contributed by atoms with E-state index in [-0.39, 0.29) is 11.3 Å². The van der Waals surface area contributed by atoms with Crippen molar-refractivity contribution in [2.75, 3.05) is 30.6 Å². The second kappa shape index (κ2) is 7.55. The summed E-state index contributed by atoms with van der Waals surface area (Å²) in [5, 5.41) is 14.4. The number of rotatable bonds is 5. The SMILES string of the molecule is CSc1ccc([N+](=O)[O-])c(C(=O)Nc2cc(Cl)ccc2N(C)C)c1. The van der Waals surface area contributed by atoms with Gasteiger partial charge in [-0.25, -0.2) is 0 Å². The van der Waals surface area contributed by atoms with Crippen molar-refractivity contribution < 1.29 is 9.72 Å². The molecule has 6 nitrogen and oxygen atoms in total. The molecular formula is C16H16ClN3O3S. The maximum atomic E-state index is 12.6. The van der Waals surface area contributed by atoms with E-state index in [0.29, 0.717) is 10.7 Å². The van der Waals surface area contributed by atoms with Crippen LogP contribution in [-0.4, -0.2) is 31.2 Å². The highest BCUT2D eigenvalue weighted by atomic mass is 35.5. The molecule has 0 aliphatic rings. The summed E-state index contributed by atoms with van der Waals surface area (Å²) in [5.41, 5.74) is 1.01. The number of nitro groups is 1. The Labute approximate surface area is 148 Å². The lowest BCUT2D eigenvalue weighted by atomic mass is 10.1. The Kier molecular flexibility index (Phi) is 5.69. The van der Waals surface area contributed by atoms with Crippen LogP contribution in [0, 0.1) is 10.1 Å². The van der Waals surface area contributed by atoms with E-state index in [1.165, 1.54) is 23.9 Å². The third-order valence-corrected chi connectivity index (χ3v) is 4.29. The molecule has 0 atom stereocenters. The summed E-state index contributed by atoms with van der Waals surface area (Å²) in [5.74, 6) is -0.553. The molecule has 1 amide bonds. The van der Waals surface area contributed by atoms with Gasteiger partial charge in [0.05, 0.1) is 16.3 Å². The van der Waals surface area contributed by atoms with Crippen LogP contribution >= 0.6 is 23.4 Å². The van der Waals surface area contributed by atoms with Crippen molar-refractivity contribution >= 4 is 46.3 Å². The second-order valence-corrected chi connectivity index (χ2v) is 6.47. The zero-order valence-electron chi connectivity index (χ0n) is 13.4. The normalized spacial score (nSPS) is 10.3. The molecule has 0 bridgehead atoms. The summed E-state index contributed by atoms with van der Waals surface area (Å²) < 4.78 is 0. The van der Waals surface area contributed by atoms with Crippen LogP contribution in [0.5, 0.6) is 0 Å². The molecule has 0 aromatic heterocycles. The van der Waals surface area contributed by atoms with Crippen LogP contribution in [0.3, 0.4) is 0 Å². The first-order valence-corrected chi connectivity index (χ1v) is 8.54. The summed E-state index contributed by atoms with van der Waals surface area (Å²) >= 11 is 7.40. The van der Waals surface area contributed by atoms with Gasteiger partial charge in [-0.05, 0) is 36.6 Å². The standard InChI is InChI=1S/C16H16ClN3O3S/c1-19(2)15-6-4-10(17)8-13(15)18-16(21)12-9-11(24-3)5-7-14(12)20(22)23/h4-9H,1-3H3,(H,18,21). The Bertz CT molecular complexity index is 796. The molecule has 1 N–H and O–H groups in total. The number of hydrogen-bond donors (Lipinski definition) is 1. The lowest BCUT2D eigenvalue weighted by Crippen LogP contribution is -2.17. The fraction of sp³-hybridized carbons (Fsp3) is 0.188. The van der Waals surface area contributed by atoms with Gasteiger partial charge in [0.15, 0.2) is 0 Å². The minimum absolute atomic E-state index is 0.0107. The summed E-state index contributed by atoms with van der Waals surface area (Å²) in [7, 11) is 3.66. The molecule has 0 spiro atoms. The van der Waals surface area contributed by atoms with Crippen LogP contribution in [0.2, 0.25) is 5.02 Å². The number of halogens is 1. The van der Waals surface area contributed by atoms with E-state index in [9.17, 15) is 14.9 Å². The summed E-state index contributed by atoms with van der Waals surface area (Å²) in [6.07, 6.45) is 1.84. The number of carbonyl (C=O) groups is 1. The highest BCUT2D eigenvalue weighted by molar-refractivity contribution is 7.98. The first-order valence-electron chi connectivity index (χ1n) is 6.94. The predicted molar refractivity (Wildman–Crippen MR) is 98.6 cm³/mol. The Morgan fingerprint density at radius 1 is 1.25 bits per heavy atom. The topological polar surface area (TPSA) is 75.5 Å². The molecule has 0 fully saturated rings. The van der Waals surface area contributed by atoms with Crippen molar-refractivity contribution in [2.45, 2.75) is 4.90 Å². The van der Waals surface area contributed by atoms with Gasteiger partial charge < -0.3 is 10.2 Å². The third kappa shape index (κ3) is 3.98. The van der Waals surface area contributed by atoms with Gasteiger partial charge in [0, 0.05) is 30.1 Å². The highest BCUT2D eigenvalue weighted by Gasteiger charge is 2.21. The van der Waals surface area contributed by atoms with Gasteiger partial charge in [-0.1, -0.05) is 11.6 Å². The Morgan fingerprint density at radius 2 is 1.96 bits per heavy atom. The number of benzene rings is 2. The van der Waals surface area contributed by atoms with E-state index in [1.807, 2.05) is 25.3 Å². The van der Waals surface area contributed by atoms with E-state index in [1.54, 1.807) is 24.3 Å². The smallest absolute Gasteiger partial charge is 0.282 e. The van der Waals surface area contributed by atoms with Crippen LogP contribution in [0.1, 0.15) is 10.4 Å². The minimum Gasteiger partial charge on any atom is -0.376 e. The Hall–Kier alpha value is -2.25. The maximum Gasteiger partial charge on any atom is 0.282 e. The van der Waals surface area contributed by atoms with Crippen LogP contribution in [0.15, 0.2) is 41.3 Å². The van der Waals surface area contributed by atoms with Gasteiger partial charge in [0.1, 0.15) is 5.56 Å². The van der Waals surface area contributed by atoms with Crippen LogP contribution in [0.25, 0.3) is 0 Å². The number of amides is 1. The van der Waals surface area contributed by atoms with Crippen LogP contribution < -0.4 is 10.2 Å². The van der Waals surface area contributed by atoms with Crippen molar-refractivity contribution in [1.82, 2.24) is 0 Å². The Balaban J connectivity index is 2.44. The Morgan fingerprint density at radius 3 is 2.54 bits per heavy atom. The number of nitrogens with one attached hydrogen (secondary N) is 1. The first kappa shape index (κ1) is 18.1. The number of thioether (sulfide) groups is 1. The minimum atomic E-state index is -0.566. The van der Waals surface area contributed by atoms with Gasteiger partial charge in [-0.3, -0.25) is 14.9 Å². The van der Waals surface area contributed by atoms with Gasteiger partial charge >= 0.3 is 0 Å². The average molecular weight is 366 g/mol. The molecule has 0 aliphatic heterocycles. The number of nitro benzene ring substituents is 1. The van der Waals surface area contributed by atoms with E-state index < -0.39 is 10.8 Å². The van der Waals surface area contributed by atoms with E-state index >= 15 is 0 Å². The molecule has 0 radical (unpaired) electrons. The molecule has 0 unspecified atom stereocenters. The number of anilines is 2. The highest BCUT2D eigenvalue weighted by Crippen LogP contribution is 2.30. The van der Waals surface area contributed by atoms with Crippen molar-refractivity contribution in [3.05, 3.63) is 57.1 Å². The molecule has 0 heterocycles. The van der Waals surface area contributed by atoms with Crippen molar-refractivity contribution in [3.8, 4) is 0 Å². The quantitative estimate of drug-likeness (QED) is 0.486. The summed E-state index contributed by atoms with van der Waals surface area (Å²) in [6.45, 7) is 0. The predicted octanol–water partition coefficient (Wildman–Crippen LogP) is 4.29. The molecule has 126 valence electrons. The molecule has 0 saturated carbocycles. The van der Waals surface area contributed by atoms with E-state index in [0.717, 1.165) is 10.6 Å². The fourth-order valence-electron chi connectivity index (χ4n) is 2.17. The van der Waals surface area contributed by atoms with Crippen molar-refractivity contribution in [1.29, 1.82) is 0 Å². The lowest BCUT2D eigenvalue weighted by Gasteiger charge is -2.18. The zero-order valence-corrected chi connectivity index (χ0v) is 14.9. The first-order chi connectivity index (χ1) is 11.3. The van der Waals surface area contributed by atoms with Gasteiger partial charge in [-0.2, -0.15) is 0 Å². The zero-order chi connectivity index (χ0) is 17.9. The molecular weight excluding hydrogens is 350 g/mol. The monoisotopic (exact) mass is 365 g/mol. The molecule has 2 rings (SSSR count). The van der Waals surface area contributed by atoms with Gasteiger partial charge in [-0.15, -0.1) is 11.8 Å². The molecule has 24 heavy (non-hydrogen) atoms. The number of carbonyl (C=O) groups excluding carboxylic acids is 1. The molecule has 8 heteroatoms. The molecule has 0 saturated heterocycles. The van der Waals surface area contributed by atoms with Gasteiger partial charge in [0.25, 0.3) is 11.6 Å². The third-order valence-electron chi connectivity index (χ3n) is 3.33. The summed E-state index contributed by atoms with van der Waals surface area (Å²) in [4.78, 5) is 25.8. The molecule has 0 aliphatic carbocycles. The average Bonchev–Trinajstić information content (AvgIpc) is 2.53. The number of nitrogens with zero attached hydrogens (tertiary/aromatic N) is 2. The lowest BCUT2D eigenvalue weighted by molar-refractivity contribution is -0.385. The van der Waals surface area contributed by atoms with Crippen LogP contribution in [0.4, 0.5) is 17.1 Å². The largest absolute Gasteiger partial charge is 0.376 e. The summed E-state index contributed by atoms with van der Waals surface area (Å²) in [6, 6.07) is 9.56. The van der Waals surface area contributed by atoms with Crippen molar-refractivity contribution in [3.63, 3.8) is 0 Å². The van der Waals surface area contributed by atoms with Crippen LogP contribution in [-0.2, 0) is 0 Å². The molecule has 2 aromatic carbocycles. The van der Waals surface area contributed by atoms with Crippen molar-refractivity contribution in [2.24, 2.45) is 0 Å². The van der Waals surface area contributed by atoms with Gasteiger partial charge in [0.2, 0.25) is 0 Å². The van der Waals surface area contributed by atoms with E-state index in [4.69, 9.17) is 11.6 Å².